The van der Waals surface area contributed by atoms with Crippen molar-refractivity contribution < 1.29 is 9.90 Å². The van der Waals surface area contributed by atoms with Crippen LogP contribution in [0.2, 0.25) is 0 Å². The molecule has 0 unspecified atom stereocenters. The van der Waals surface area contributed by atoms with Crippen LogP contribution in [0.15, 0.2) is 23.8 Å². The summed E-state index contributed by atoms with van der Waals surface area (Å²) >= 11 is 0. The summed E-state index contributed by atoms with van der Waals surface area (Å²) in [7, 11) is 0. The molecule has 0 aliphatic carbocycles. The lowest BCUT2D eigenvalue weighted by Crippen LogP contribution is -1.94. The summed E-state index contributed by atoms with van der Waals surface area (Å²) in [5.41, 5.74) is 0.373. The lowest BCUT2D eigenvalue weighted by atomic mass is 10.2. The van der Waals surface area contributed by atoms with E-state index in [-0.39, 0.29) is 0 Å². The number of unbranched alkanes of at least 4 members (excludes halogenated alkanes) is 1. The van der Waals surface area contributed by atoms with Gasteiger partial charge in [0.2, 0.25) is 0 Å². The van der Waals surface area contributed by atoms with E-state index in [1.54, 1.807) is 19.1 Å². The van der Waals surface area contributed by atoms with Gasteiger partial charge in [0.15, 0.2) is 0 Å². The van der Waals surface area contributed by atoms with Gasteiger partial charge < -0.3 is 5.11 Å². The molecule has 0 spiro atoms. The van der Waals surface area contributed by atoms with E-state index < -0.39 is 5.97 Å². The van der Waals surface area contributed by atoms with Crippen molar-refractivity contribution in [2.24, 2.45) is 0 Å². The van der Waals surface area contributed by atoms with Gasteiger partial charge in [-0.05, 0) is 13.3 Å². The largest absolute Gasteiger partial charge is 0.478 e. The molecule has 0 bridgehead atoms. The topological polar surface area (TPSA) is 37.3 Å². The Morgan fingerprint density at radius 2 is 2.18 bits per heavy atom. The number of carbonyl (C=O) groups is 1. The van der Waals surface area contributed by atoms with E-state index in [1.165, 1.54) is 0 Å². The van der Waals surface area contributed by atoms with Crippen molar-refractivity contribution in [3.8, 4) is 0 Å². The van der Waals surface area contributed by atoms with Crippen LogP contribution < -0.4 is 0 Å². The van der Waals surface area contributed by atoms with Crippen LogP contribution in [0.4, 0.5) is 0 Å². The van der Waals surface area contributed by atoms with Gasteiger partial charge in [0, 0.05) is 5.57 Å². The highest BCUT2D eigenvalue weighted by atomic mass is 16.4. The second-order valence-corrected chi connectivity index (χ2v) is 2.37. The van der Waals surface area contributed by atoms with Crippen molar-refractivity contribution >= 4 is 5.97 Å². The fourth-order valence-electron chi connectivity index (χ4n) is 0.547. The van der Waals surface area contributed by atoms with Crippen LogP contribution in [0.25, 0.3) is 0 Å². The van der Waals surface area contributed by atoms with Gasteiger partial charge in [0.1, 0.15) is 0 Å². The van der Waals surface area contributed by atoms with Gasteiger partial charge in [-0.2, -0.15) is 0 Å². The summed E-state index contributed by atoms with van der Waals surface area (Å²) in [6.07, 6.45) is 7.46. The monoisotopic (exact) mass is 154 g/mol. The molecule has 0 aliphatic rings. The van der Waals surface area contributed by atoms with Crippen LogP contribution in [0.3, 0.4) is 0 Å². The summed E-state index contributed by atoms with van der Waals surface area (Å²) in [5, 5.41) is 8.44. The molecule has 0 heterocycles. The molecular formula is C9H14O2. The molecule has 0 aromatic carbocycles. The average molecular weight is 154 g/mol. The molecule has 0 fully saturated rings. The normalized spacial score (nSPS) is 12.4. The van der Waals surface area contributed by atoms with E-state index in [0.717, 1.165) is 12.8 Å². The zero-order valence-corrected chi connectivity index (χ0v) is 7.00. The Kier molecular flexibility index (Phi) is 5.17. The highest BCUT2D eigenvalue weighted by Gasteiger charge is 1.94. The third-order valence-corrected chi connectivity index (χ3v) is 1.27. The maximum absolute atomic E-state index is 10.3. The first-order valence-corrected chi connectivity index (χ1v) is 3.75. The number of hydrogen-bond acceptors (Lipinski definition) is 1. The number of allylic oxidation sites excluding steroid dienone is 3. The molecule has 2 heteroatoms. The summed E-state index contributed by atoms with van der Waals surface area (Å²) in [6.45, 7) is 3.66. The molecule has 1 N–H and O–H groups in total. The summed E-state index contributed by atoms with van der Waals surface area (Å²) in [5.74, 6) is -0.855. The average Bonchev–Trinajstić information content (AvgIpc) is 1.97. The second-order valence-electron chi connectivity index (χ2n) is 2.37. The van der Waals surface area contributed by atoms with Gasteiger partial charge in [-0.25, -0.2) is 4.79 Å². The Labute approximate surface area is 67.2 Å². The SMILES string of the molecule is CCCC=CC=C(C)C(=O)O. The molecule has 62 valence electrons. The third-order valence-electron chi connectivity index (χ3n) is 1.27. The molecule has 0 saturated heterocycles. The van der Waals surface area contributed by atoms with E-state index in [1.807, 2.05) is 6.08 Å². The Bertz CT molecular complexity index is 178. The molecule has 0 saturated carbocycles. The van der Waals surface area contributed by atoms with Crippen LogP contribution in [0.5, 0.6) is 0 Å². The Morgan fingerprint density at radius 1 is 1.55 bits per heavy atom. The van der Waals surface area contributed by atoms with Gasteiger partial charge in [-0.3, -0.25) is 0 Å². The predicted molar refractivity (Wildman–Crippen MR) is 45.4 cm³/mol. The van der Waals surface area contributed by atoms with Crippen LogP contribution in [0, 0.1) is 0 Å². The lowest BCUT2D eigenvalue weighted by Gasteiger charge is -1.87. The summed E-state index contributed by atoms with van der Waals surface area (Å²) in [4.78, 5) is 10.3. The molecule has 0 aromatic rings. The molecule has 0 rings (SSSR count). The predicted octanol–water partition coefficient (Wildman–Crippen LogP) is 2.37. The van der Waals surface area contributed by atoms with E-state index in [2.05, 4.69) is 6.92 Å². The van der Waals surface area contributed by atoms with Gasteiger partial charge in [0.05, 0.1) is 0 Å². The fourth-order valence-corrected chi connectivity index (χ4v) is 0.547. The number of hydrogen-bond donors (Lipinski definition) is 1. The molecule has 0 radical (unpaired) electrons. The molecule has 2 nitrogen and oxygen atoms in total. The third kappa shape index (κ3) is 5.40. The Hall–Kier alpha value is -1.05. The highest BCUT2D eigenvalue weighted by Crippen LogP contribution is 1.94. The minimum atomic E-state index is -0.855. The number of rotatable bonds is 4. The van der Waals surface area contributed by atoms with Crippen molar-refractivity contribution in [3.05, 3.63) is 23.8 Å². The first-order valence-electron chi connectivity index (χ1n) is 3.75. The van der Waals surface area contributed by atoms with Crippen molar-refractivity contribution in [1.29, 1.82) is 0 Å². The second kappa shape index (κ2) is 5.71. The molecule has 11 heavy (non-hydrogen) atoms. The lowest BCUT2D eigenvalue weighted by molar-refractivity contribution is -0.132. The van der Waals surface area contributed by atoms with Crippen LogP contribution in [-0.4, -0.2) is 11.1 Å². The molecule has 0 amide bonds. The minimum Gasteiger partial charge on any atom is -0.478 e. The van der Waals surface area contributed by atoms with Gasteiger partial charge in [0.25, 0.3) is 0 Å². The quantitative estimate of drug-likeness (QED) is 0.498. The summed E-state index contributed by atoms with van der Waals surface area (Å²) < 4.78 is 0. The first-order chi connectivity index (χ1) is 5.18. The number of carboxylic acids is 1. The molecule has 0 aliphatic heterocycles. The van der Waals surface area contributed by atoms with E-state index >= 15 is 0 Å². The first kappa shape index (κ1) is 9.95. The zero-order valence-electron chi connectivity index (χ0n) is 7.00. The Balaban J connectivity index is 3.81. The number of carboxylic acid groups (broad SMARTS) is 1. The standard InChI is InChI=1S/C9H14O2/c1-3-4-5-6-7-8(2)9(10)11/h5-7H,3-4H2,1-2H3,(H,10,11). The zero-order chi connectivity index (χ0) is 8.69. The van der Waals surface area contributed by atoms with Gasteiger partial charge in [-0.15, -0.1) is 0 Å². The fraction of sp³-hybridized carbons (Fsp3) is 0.444. The smallest absolute Gasteiger partial charge is 0.331 e. The molecule has 0 aromatic heterocycles. The molecular weight excluding hydrogens is 140 g/mol. The van der Waals surface area contributed by atoms with Gasteiger partial charge in [-0.1, -0.05) is 31.6 Å². The van der Waals surface area contributed by atoms with Crippen LogP contribution >= 0.6 is 0 Å². The Morgan fingerprint density at radius 3 is 2.64 bits per heavy atom. The maximum atomic E-state index is 10.3. The van der Waals surface area contributed by atoms with Crippen LogP contribution in [0.1, 0.15) is 26.7 Å². The van der Waals surface area contributed by atoms with Crippen molar-refractivity contribution in [3.63, 3.8) is 0 Å². The van der Waals surface area contributed by atoms with E-state index in [0.29, 0.717) is 5.57 Å². The van der Waals surface area contributed by atoms with Crippen molar-refractivity contribution in [2.45, 2.75) is 26.7 Å². The summed E-state index contributed by atoms with van der Waals surface area (Å²) in [6, 6.07) is 0. The van der Waals surface area contributed by atoms with Crippen molar-refractivity contribution in [1.82, 2.24) is 0 Å². The maximum Gasteiger partial charge on any atom is 0.331 e. The number of aliphatic carboxylic acids is 1. The minimum absolute atomic E-state index is 0.373. The van der Waals surface area contributed by atoms with Gasteiger partial charge >= 0.3 is 5.97 Å². The molecule has 0 atom stereocenters. The highest BCUT2D eigenvalue weighted by molar-refractivity contribution is 5.86. The van der Waals surface area contributed by atoms with E-state index in [9.17, 15) is 4.79 Å². The van der Waals surface area contributed by atoms with Crippen molar-refractivity contribution in [2.75, 3.05) is 0 Å². The van der Waals surface area contributed by atoms with E-state index in [4.69, 9.17) is 5.11 Å². The van der Waals surface area contributed by atoms with Crippen LogP contribution in [-0.2, 0) is 4.79 Å².